The van der Waals surface area contributed by atoms with Gasteiger partial charge in [0.05, 0.1) is 11.3 Å². The standard InChI is InChI=1S/C11H15N3S/c1-15-6-2-5-14-11-4-3-10(13)7-9(11)8-12/h3-4,7,14H,2,5-6,13H2,1H3. The van der Waals surface area contributed by atoms with Gasteiger partial charge < -0.3 is 11.1 Å². The normalized spacial score (nSPS) is 9.60. The van der Waals surface area contributed by atoms with E-state index in [1.54, 1.807) is 12.1 Å². The van der Waals surface area contributed by atoms with Gasteiger partial charge in [-0.05, 0) is 36.6 Å². The van der Waals surface area contributed by atoms with E-state index in [2.05, 4.69) is 17.6 Å². The number of hydrogen-bond donors (Lipinski definition) is 2. The van der Waals surface area contributed by atoms with Gasteiger partial charge in [-0.1, -0.05) is 0 Å². The minimum absolute atomic E-state index is 0.610. The molecule has 0 heterocycles. The smallest absolute Gasteiger partial charge is 0.101 e. The zero-order valence-electron chi connectivity index (χ0n) is 8.79. The van der Waals surface area contributed by atoms with E-state index >= 15 is 0 Å². The largest absolute Gasteiger partial charge is 0.399 e. The molecule has 80 valence electrons. The van der Waals surface area contributed by atoms with E-state index in [0.717, 1.165) is 24.4 Å². The Bertz CT molecular complexity index is 357. The van der Waals surface area contributed by atoms with Crippen LogP contribution in [0.3, 0.4) is 0 Å². The zero-order chi connectivity index (χ0) is 11.1. The molecule has 0 saturated heterocycles. The Balaban J connectivity index is 2.57. The number of thioether (sulfide) groups is 1. The second-order valence-electron chi connectivity index (χ2n) is 3.19. The molecular weight excluding hydrogens is 206 g/mol. The van der Waals surface area contributed by atoms with Gasteiger partial charge in [-0.3, -0.25) is 0 Å². The van der Waals surface area contributed by atoms with Crippen LogP contribution in [0.2, 0.25) is 0 Å². The Morgan fingerprint density at radius 3 is 3.00 bits per heavy atom. The summed E-state index contributed by atoms with van der Waals surface area (Å²) in [5.74, 6) is 1.13. The molecule has 1 rings (SSSR count). The molecule has 3 N–H and O–H groups in total. The van der Waals surface area contributed by atoms with Crippen LogP contribution in [0, 0.1) is 11.3 Å². The summed E-state index contributed by atoms with van der Waals surface area (Å²) in [6.45, 7) is 0.888. The SMILES string of the molecule is CSCCCNc1ccc(N)cc1C#N. The summed E-state index contributed by atoms with van der Waals surface area (Å²) in [6, 6.07) is 7.48. The number of nitrogens with two attached hydrogens (primary N) is 1. The van der Waals surface area contributed by atoms with Gasteiger partial charge in [-0.25, -0.2) is 0 Å². The number of nitrogens with zero attached hydrogens (tertiary/aromatic N) is 1. The third-order valence-electron chi connectivity index (χ3n) is 2.00. The molecule has 0 spiro atoms. The van der Waals surface area contributed by atoms with Crippen LogP contribution in [0.15, 0.2) is 18.2 Å². The maximum Gasteiger partial charge on any atom is 0.101 e. The summed E-state index contributed by atoms with van der Waals surface area (Å²) in [5, 5.41) is 12.1. The average Bonchev–Trinajstić information content (AvgIpc) is 2.26. The summed E-state index contributed by atoms with van der Waals surface area (Å²) in [7, 11) is 0. The molecule has 3 nitrogen and oxygen atoms in total. The van der Waals surface area contributed by atoms with Crippen molar-refractivity contribution in [2.24, 2.45) is 0 Å². The number of nitrogens with one attached hydrogen (secondary N) is 1. The van der Waals surface area contributed by atoms with E-state index in [-0.39, 0.29) is 0 Å². The highest BCUT2D eigenvalue weighted by atomic mass is 32.2. The second kappa shape index (κ2) is 6.20. The van der Waals surface area contributed by atoms with Crippen LogP contribution in [-0.2, 0) is 0 Å². The van der Waals surface area contributed by atoms with E-state index in [1.165, 1.54) is 0 Å². The maximum atomic E-state index is 8.90. The quantitative estimate of drug-likeness (QED) is 0.591. The lowest BCUT2D eigenvalue weighted by molar-refractivity contribution is 0.992. The van der Waals surface area contributed by atoms with Gasteiger partial charge in [-0.2, -0.15) is 17.0 Å². The Morgan fingerprint density at radius 1 is 1.53 bits per heavy atom. The Labute approximate surface area is 94.7 Å². The van der Waals surface area contributed by atoms with Crippen LogP contribution < -0.4 is 11.1 Å². The van der Waals surface area contributed by atoms with Gasteiger partial charge in [0, 0.05) is 12.2 Å². The van der Waals surface area contributed by atoms with Gasteiger partial charge in [0.1, 0.15) is 6.07 Å². The van der Waals surface area contributed by atoms with Crippen LogP contribution in [0.1, 0.15) is 12.0 Å². The molecular formula is C11H15N3S. The number of rotatable bonds is 5. The number of nitrogen functional groups attached to an aromatic ring is 1. The number of nitriles is 1. The molecule has 0 aromatic heterocycles. The molecule has 0 atom stereocenters. The molecule has 1 aromatic rings. The van der Waals surface area contributed by atoms with Crippen molar-refractivity contribution < 1.29 is 0 Å². The molecule has 15 heavy (non-hydrogen) atoms. The number of hydrogen-bond acceptors (Lipinski definition) is 4. The van der Waals surface area contributed by atoms with E-state index < -0.39 is 0 Å². The van der Waals surface area contributed by atoms with Crippen molar-refractivity contribution in [1.82, 2.24) is 0 Å². The molecule has 0 radical (unpaired) electrons. The molecule has 0 fully saturated rings. The van der Waals surface area contributed by atoms with Crippen molar-refractivity contribution in [3.63, 3.8) is 0 Å². The fourth-order valence-electron chi connectivity index (χ4n) is 1.25. The monoisotopic (exact) mass is 221 g/mol. The Morgan fingerprint density at radius 2 is 2.33 bits per heavy atom. The van der Waals surface area contributed by atoms with Gasteiger partial charge in [-0.15, -0.1) is 0 Å². The van der Waals surface area contributed by atoms with E-state index in [0.29, 0.717) is 11.3 Å². The van der Waals surface area contributed by atoms with Crippen LogP contribution in [0.25, 0.3) is 0 Å². The summed E-state index contributed by atoms with van der Waals surface area (Å²) in [5.41, 5.74) is 7.70. The molecule has 0 amide bonds. The van der Waals surface area contributed by atoms with Crippen molar-refractivity contribution in [2.75, 3.05) is 29.6 Å². The Hall–Kier alpha value is -1.34. The van der Waals surface area contributed by atoms with Gasteiger partial charge in [0.15, 0.2) is 0 Å². The highest BCUT2D eigenvalue weighted by Gasteiger charge is 2.00. The van der Waals surface area contributed by atoms with Crippen LogP contribution in [0.4, 0.5) is 11.4 Å². The van der Waals surface area contributed by atoms with Crippen molar-refractivity contribution in [1.29, 1.82) is 5.26 Å². The first-order chi connectivity index (χ1) is 7.27. The first kappa shape index (κ1) is 11.7. The highest BCUT2D eigenvalue weighted by molar-refractivity contribution is 7.98. The van der Waals surface area contributed by atoms with Crippen molar-refractivity contribution in [2.45, 2.75) is 6.42 Å². The predicted octanol–water partition coefficient (Wildman–Crippen LogP) is 2.31. The molecule has 0 aliphatic heterocycles. The van der Waals surface area contributed by atoms with Gasteiger partial charge >= 0.3 is 0 Å². The minimum Gasteiger partial charge on any atom is -0.399 e. The third-order valence-corrected chi connectivity index (χ3v) is 2.70. The van der Waals surface area contributed by atoms with Gasteiger partial charge in [0.2, 0.25) is 0 Å². The number of benzene rings is 1. The molecule has 0 aliphatic rings. The first-order valence-corrected chi connectivity index (χ1v) is 6.19. The van der Waals surface area contributed by atoms with E-state index in [4.69, 9.17) is 11.0 Å². The van der Waals surface area contributed by atoms with Crippen molar-refractivity contribution in [3.8, 4) is 6.07 Å². The average molecular weight is 221 g/mol. The molecule has 0 unspecified atom stereocenters. The van der Waals surface area contributed by atoms with Crippen molar-refractivity contribution >= 4 is 23.1 Å². The lowest BCUT2D eigenvalue weighted by Gasteiger charge is -2.07. The zero-order valence-corrected chi connectivity index (χ0v) is 9.60. The molecule has 1 aromatic carbocycles. The highest BCUT2D eigenvalue weighted by Crippen LogP contribution is 2.17. The lowest BCUT2D eigenvalue weighted by atomic mass is 10.1. The summed E-state index contributed by atoms with van der Waals surface area (Å²) < 4.78 is 0. The molecule has 4 heteroatoms. The lowest BCUT2D eigenvalue weighted by Crippen LogP contribution is -2.04. The predicted molar refractivity (Wildman–Crippen MR) is 67.1 cm³/mol. The molecule has 0 bridgehead atoms. The first-order valence-electron chi connectivity index (χ1n) is 4.80. The van der Waals surface area contributed by atoms with Crippen LogP contribution >= 0.6 is 11.8 Å². The fraction of sp³-hybridized carbons (Fsp3) is 0.364. The topological polar surface area (TPSA) is 61.8 Å². The summed E-state index contributed by atoms with van der Waals surface area (Å²) >= 11 is 1.82. The third kappa shape index (κ3) is 3.72. The van der Waals surface area contributed by atoms with Crippen LogP contribution in [0.5, 0.6) is 0 Å². The van der Waals surface area contributed by atoms with Gasteiger partial charge in [0.25, 0.3) is 0 Å². The minimum atomic E-state index is 0.610. The second-order valence-corrected chi connectivity index (χ2v) is 4.18. The van der Waals surface area contributed by atoms with Crippen molar-refractivity contribution in [3.05, 3.63) is 23.8 Å². The van der Waals surface area contributed by atoms with E-state index in [9.17, 15) is 0 Å². The maximum absolute atomic E-state index is 8.90. The Kier molecular flexibility index (Phi) is 4.85. The summed E-state index contributed by atoms with van der Waals surface area (Å²) in [4.78, 5) is 0. The fourth-order valence-corrected chi connectivity index (χ4v) is 1.68. The summed E-state index contributed by atoms with van der Waals surface area (Å²) in [6.07, 6.45) is 3.18. The number of anilines is 2. The molecule has 0 saturated carbocycles. The van der Waals surface area contributed by atoms with E-state index in [1.807, 2.05) is 17.8 Å². The molecule has 0 aliphatic carbocycles. The van der Waals surface area contributed by atoms with Crippen LogP contribution in [-0.4, -0.2) is 18.6 Å².